The highest BCUT2D eigenvalue weighted by atomic mass is 19.4. The van der Waals surface area contributed by atoms with E-state index in [2.05, 4.69) is 4.99 Å². The number of halogens is 3. The molecule has 1 heterocycles. The number of esters is 1. The Bertz CT molecular complexity index is 1860. The average Bonchev–Trinajstić information content (AvgIpc) is 3.19. The van der Waals surface area contributed by atoms with Crippen molar-refractivity contribution in [1.29, 1.82) is 0 Å². The third-order valence-corrected chi connectivity index (χ3v) is 8.27. The molecule has 1 aliphatic rings. The van der Waals surface area contributed by atoms with E-state index in [9.17, 15) is 18.0 Å². The lowest BCUT2D eigenvalue weighted by molar-refractivity contribution is -0.305. The van der Waals surface area contributed by atoms with Gasteiger partial charge in [-0.3, -0.25) is 0 Å². The van der Waals surface area contributed by atoms with Gasteiger partial charge in [-0.15, -0.1) is 0 Å². The molecule has 0 amide bonds. The van der Waals surface area contributed by atoms with Gasteiger partial charge in [0.05, 0.1) is 37.7 Å². The lowest BCUT2D eigenvalue weighted by Crippen LogP contribution is -2.62. The summed E-state index contributed by atoms with van der Waals surface area (Å²) in [6, 6.07) is 43.6. The number of nitrogens with zero attached hydrogens (tertiary/aromatic N) is 1. The number of ether oxygens (including phenoxy) is 6. The molecule has 6 rings (SSSR count). The Hall–Kier alpha value is -5.33. The molecule has 5 atom stereocenters. The van der Waals surface area contributed by atoms with E-state index in [-0.39, 0.29) is 37.7 Å². The Morgan fingerprint density at radius 1 is 0.585 bits per heavy atom. The smallest absolute Gasteiger partial charge is 0.449 e. The molecule has 274 valence electrons. The molecule has 1 saturated heterocycles. The number of alkyl halides is 3. The van der Waals surface area contributed by atoms with Crippen LogP contribution in [0.4, 0.5) is 18.9 Å². The Morgan fingerprint density at radius 3 is 1.58 bits per heavy atom. The lowest BCUT2D eigenvalue weighted by Gasteiger charge is -2.45. The third-order valence-electron chi connectivity index (χ3n) is 8.27. The van der Waals surface area contributed by atoms with Crippen LogP contribution in [0.5, 0.6) is 0 Å². The SMILES string of the molecule is O=C(O[C@H]1[C@H](OC(=Nc2ccccc2)C(F)(F)F)O[C@H](COCc2ccccc2)[C@H](OCc2ccccc2)[C@@H]1OCc1ccccc1)c1ccccc1. The number of hydrogen-bond acceptors (Lipinski definition) is 8. The Kier molecular flexibility index (Phi) is 13.0. The number of carbonyl (C=O) groups excluding carboxylic acids is 1. The van der Waals surface area contributed by atoms with Crippen LogP contribution in [0, 0.1) is 0 Å². The minimum atomic E-state index is -5.05. The Balaban J connectivity index is 1.39. The van der Waals surface area contributed by atoms with Crippen molar-refractivity contribution in [3.05, 3.63) is 174 Å². The molecule has 0 aromatic heterocycles. The van der Waals surface area contributed by atoms with Crippen molar-refractivity contribution in [3.63, 3.8) is 0 Å². The second-order valence-corrected chi connectivity index (χ2v) is 12.2. The van der Waals surface area contributed by atoms with Gasteiger partial charge in [0.2, 0.25) is 6.29 Å². The summed E-state index contributed by atoms with van der Waals surface area (Å²) in [4.78, 5) is 17.4. The van der Waals surface area contributed by atoms with Gasteiger partial charge in [-0.25, -0.2) is 9.79 Å². The van der Waals surface area contributed by atoms with Crippen molar-refractivity contribution < 1.29 is 46.4 Å². The fourth-order valence-electron chi connectivity index (χ4n) is 5.68. The fraction of sp³-hybridized carbons (Fsp3) is 0.238. The first-order valence-corrected chi connectivity index (χ1v) is 17.1. The van der Waals surface area contributed by atoms with Crippen LogP contribution in [0.15, 0.2) is 157 Å². The molecule has 53 heavy (non-hydrogen) atoms. The number of rotatable bonds is 14. The van der Waals surface area contributed by atoms with Gasteiger partial charge in [0.15, 0.2) is 6.10 Å². The second kappa shape index (κ2) is 18.4. The number of para-hydroxylation sites is 1. The third kappa shape index (κ3) is 10.8. The molecule has 0 N–H and O–H groups in total. The highest BCUT2D eigenvalue weighted by Gasteiger charge is 2.53. The first-order chi connectivity index (χ1) is 25.8. The molecule has 11 heteroatoms. The molecule has 1 aliphatic heterocycles. The molecule has 0 radical (unpaired) electrons. The lowest BCUT2D eigenvalue weighted by atomic mass is 9.97. The molecule has 0 spiro atoms. The van der Waals surface area contributed by atoms with Crippen LogP contribution >= 0.6 is 0 Å². The number of benzene rings is 5. The van der Waals surface area contributed by atoms with Gasteiger partial charge >= 0.3 is 12.1 Å². The van der Waals surface area contributed by atoms with Crippen LogP contribution in [-0.2, 0) is 48.2 Å². The first-order valence-electron chi connectivity index (χ1n) is 17.1. The Labute approximate surface area is 305 Å². The van der Waals surface area contributed by atoms with Crippen molar-refractivity contribution in [1.82, 2.24) is 0 Å². The van der Waals surface area contributed by atoms with Gasteiger partial charge in [-0.2, -0.15) is 13.2 Å². The van der Waals surface area contributed by atoms with Gasteiger partial charge in [0.1, 0.15) is 18.3 Å². The van der Waals surface area contributed by atoms with Crippen molar-refractivity contribution in [2.75, 3.05) is 6.61 Å². The predicted molar refractivity (Wildman–Crippen MR) is 191 cm³/mol. The van der Waals surface area contributed by atoms with E-state index < -0.39 is 48.7 Å². The van der Waals surface area contributed by atoms with Gasteiger partial charge in [-0.1, -0.05) is 127 Å². The molecule has 1 fully saturated rings. The highest BCUT2D eigenvalue weighted by molar-refractivity contribution is 5.89. The van der Waals surface area contributed by atoms with Crippen LogP contribution in [0.2, 0.25) is 0 Å². The van der Waals surface area contributed by atoms with E-state index in [1.165, 1.54) is 24.3 Å². The van der Waals surface area contributed by atoms with Gasteiger partial charge in [0.25, 0.3) is 5.90 Å². The van der Waals surface area contributed by atoms with E-state index in [4.69, 9.17) is 28.4 Å². The number of aliphatic imine (C=N–C) groups is 1. The Morgan fingerprint density at radius 2 is 1.06 bits per heavy atom. The summed E-state index contributed by atoms with van der Waals surface area (Å²) >= 11 is 0. The molecule has 0 bridgehead atoms. The molecular formula is C42H38F3NO7. The normalized spacial score (nSPS) is 20.4. The van der Waals surface area contributed by atoms with E-state index in [0.29, 0.717) is 0 Å². The maximum Gasteiger partial charge on any atom is 0.468 e. The minimum absolute atomic E-state index is 0.00263. The zero-order valence-corrected chi connectivity index (χ0v) is 28.6. The van der Waals surface area contributed by atoms with Crippen molar-refractivity contribution in [2.45, 2.75) is 56.7 Å². The van der Waals surface area contributed by atoms with Crippen molar-refractivity contribution >= 4 is 17.6 Å². The number of carbonyl (C=O) groups is 1. The minimum Gasteiger partial charge on any atom is -0.449 e. The van der Waals surface area contributed by atoms with Gasteiger partial charge in [0, 0.05) is 0 Å². The summed E-state index contributed by atoms with van der Waals surface area (Å²) in [5, 5.41) is 0. The average molecular weight is 726 g/mol. The van der Waals surface area contributed by atoms with Gasteiger partial charge in [-0.05, 0) is 41.0 Å². The monoisotopic (exact) mass is 725 g/mol. The molecule has 8 nitrogen and oxygen atoms in total. The molecule has 5 aromatic carbocycles. The topological polar surface area (TPSA) is 84.8 Å². The van der Waals surface area contributed by atoms with Crippen LogP contribution in [0.25, 0.3) is 0 Å². The van der Waals surface area contributed by atoms with Crippen molar-refractivity contribution in [3.8, 4) is 0 Å². The van der Waals surface area contributed by atoms with Crippen LogP contribution in [-0.4, -0.2) is 55.4 Å². The second-order valence-electron chi connectivity index (χ2n) is 12.2. The van der Waals surface area contributed by atoms with Crippen LogP contribution in [0.3, 0.4) is 0 Å². The largest absolute Gasteiger partial charge is 0.468 e. The van der Waals surface area contributed by atoms with E-state index in [1.807, 2.05) is 91.0 Å². The van der Waals surface area contributed by atoms with Gasteiger partial charge < -0.3 is 28.4 Å². The summed E-state index contributed by atoms with van der Waals surface area (Å²) in [5.74, 6) is -2.42. The maximum absolute atomic E-state index is 14.7. The quantitative estimate of drug-likeness (QED) is 0.0644. The summed E-state index contributed by atoms with van der Waals surface area (Å²) in [6.07, 6.45) is -11.7. The molecular weight excluding hydrogens is 687 g/mol. The van der Waals surface area contributed by atoms with Crippen molar-refractivity contribution in [2.24, 2.45) is 4.99 Å². The van der Waals surface area contributed by atoms with E-state index in [1.54, 1.807) is 36.4 Å². The molecule has 0 unspecified atom stereocenters. The predicted octanol–water partition coefficient (Wildman–Crippen LogP) is 8.63. The zero-order valence-electron chi connectivity index (χ0n) is 28.6. The summed E-state index contributed by atoms with van der Waals surface area (Å²) < 4.78 is 81.0. The van der Waals surface area contributed by atoms with E-state index in [0.717, 1.165) is 16.7 Å². The standard InChI is InChI=1S/C42H38F3NO7/c43-42(44,45)41(46-34-24-14-5-15-25-34)53-40-38(52-39(47)33-22-12-4-13-23-33)37(50-28-32-20-10-3-11-21-32)36(49-27-31-18-8-2-9-19-31)35(51-40)29-48-26-30-16-6-1-7-17-30/h1-25,35-38,40H,26-29H2/t35-,36+,37+,38-,40+/m1/s1. The molecule has 0 saturated carbocycles. The first kappa shape index (κ1) is 37.4. The summed E-state index contributed by atoms with van der Waals surface area (Å²) in [7, 11) is 0. The molecule has 0 aliphatic carbocycles. The van der Waals surface area contributed by atoms with Crippen LogP contribution in [0.1, 0.15) is 27.0 Å². The fourth-order valence-corrected chi connectivity index (χ4v) is 5.68. The number of hydrogen-bond donors (Lipinski definition) is 0. The maximum atomic E-state index is 14.7. The zero-order chi connectivity index (χ0) is 36.9. The summed E-state index contributed by atoms with van der Waals surface area (Å²) in [6.45, 7) is 0.146. The van der Waals surface area contributed by atoms with E-state index >= 15 is 0 Å². The summed E-state index contributed by atoms with van der Waals surface area (Å²) in [5.41, 5.74) is 2.63. The van der Waals surface area contributed by atoms with Crippen LogP contribution < -0.4 is 0 Å². The molecule has 5 aromatic rings. The highest BCUT2D eigenvalue weighted by Crippen LogP contribution is 2.34.